The Morgan fingerprint density at radius 1 is 1.43 bits per heavy atom. The Morgan fingerprint density at radius 2 is 2.21 bits per heavy atom. The van der Waals surface area contributed by atoms with Gasteiger partial charge in [-0.3, -0.25) is 0 Å². The molecule has 0 bridgehead atoms. The monoisotopic (exact) mass is 336 g/mol. The van der Waals surface area contributed by atoms with Crippen LogP contribution in [-0.2, 0) is 0 Å². The van der Waals surface area contributed by atoms with E-state index in [1.54, 1.807) is 30.2 Å². The Kier molecular flexibility index (Phi) is 3.23. The minimum Gasteiger partial charge on any atom is -0.497 e. The first-order valence-corrected chi connectivity index (χ1v) is 7.23. The van der Waals surface area contributed by atoms with E-state index in [-0.39, 0.29) is 0 Å². The summed E-state index contributed by atoms with van der Waals surface area (Å²) < 4.78 is 7.89. The van der Waals surface area contributed by atoms with E-state index in [1.165, 1.54) is 18.6 Å². The molecule has 0 aliphatic carbocycles. The van der Waals surface area contributed by atoms with E-state index in [0.717, 1.165) is 5.75 Å². The molecule has 0 spiro atoms. The third kappa shape index (κ3) is 1.75. The molecule has 74 valence electrons. The Balaban J connectivity index is 2.73. The average Bonchev–Trinajstić information content (AvgIpc) is 2.61. The minimum atomic E-state index is 0.940. The zero-order chi connectivity index (χ0) is 10.1. The second-order valence-electron chi connectivity index (χ2n) is 2.79. The van der Waals surface area contributed by atoms with Crippen LogP contribution in [-0.4, -0.2) is 13.4 Å². The van der Waals surface area contributed by atoms with Crippen LogP contribution in [0.5, 0.6) is 5.75 Å². The lowest BCUT2D eigenvalue weighted by atomic mass is 10.2. The molecule has 1 aromatic carbocycles. The molecule has 0 amide bonds. The van der Waals surface area contributed by atoms with Gasteiger partial charge in [-0.15, -0.1) is 23.1 Å². The van der Waals surface area contributed by atoms with Crippen molar-refractivity contribution >= 4 is 55.8 Å². The van der Waals surface area contributed by atoms with Crippen LogP contribution in [0.3, 0.4) is 0 Å². The van der Waals surface area contributed by atoms with Crippen molar-refractivity contribution in [3.63, 3.8) is 0 Å². The molecule has 0 aliphatic heterocycles. The fourth-order valence-corrected chi connectivity index (χ4v) is 4.10. The Labute approximate surface area is 105 Å². The van der Waals surface area contributed by atoms with Crippen LogP contribution in [0, 0.1) is 3.57 Å². The summed E-state index contributed by atoms with van der Waals surface area (Å²) in [5, 5.41) is 3.52. The first-order chi connectivity index (χ1) is 6.76. The van der Waals surface area contributed by atoms with Gasteiger partial charge in [0.15, 0.2) is 0 Å². The van der Waals surface area contributed by atoms with Crippen LogP contribution in [0.1, 0.15) is 0 Å². The standard InChI is InChI=1S/C10H9IOS2/c1-12-6-3-7-9(13-2)5-14-10(7)8(11)4-6/h3-5H,1-2H3. The van der Waals surface area contributed by atoms with Gasteiger partial charge in [-0.1, -0.05) is 0 Å². The summed E-state index contributed by atoms with van der Waals surface area (Å²) in [5.41, 5.74) is 0. The summed E-state index contributed by atoms with van der Waals surface area (Å²) in [6.45, 7) is 0. The maximum absolute atomic E-state index is 5.26. The molecular weight excluding hydrogens is 327 g/mol. The van der Waals surface area contributed by atoms with Crippen molar-refractivity contribution in [2.24, 2.45) is 0 Å². The number of benzene rings is 1. The third-order valence-corrected chi connectivity index (χ3v) is 5.19. The van der Waals surface area contributed by atoms with Crippen molar-refractivity contribution < 1.29 is 4.74 Å². The highest BCUT2D eigenvalue weighted by Crippen LogP contribution is 2.37. The average molecular weight is 336 g/mol. The summed E-state index contributed by atoms with van der Waals surface area (Å²) >= 11 is 5.94. The molecule has 1 nitrogen and oxygen atoms in total. The molecule has 4 heteroatoms. The lowest BCUT2D eigenvalue weighted by Crippen LogP contribution is -1.83. The van der Waals surface area contributed by atoms with Gasteiger partial charge >= 0.3 is 0 Å². The van der Waals surface area contributed by atoms with Crippen molar-refractivity contribution in [2.45, 2.75) is 4.90 Å². The number of thiophene rings is 1. The normalized spacial score (nSPS) is 10.8. The first-order valence-electron chi connectivity index (χ1n) is 4.05. The molecule has 0 N–H and O–H groups in total. The smallest absolute Gasteiger partial charge is 0.120 e. The number of rotatable bonds is 2. The maximum Gasteiger partial charge on any atom is 0.120 e. The second-order valence-corrected chi connectivity index (χ2v) is 5.68. The van der Waals surface area contributed by atoms with Gasteiger partial charge in [0.2, 0.25) is 0 Å². The molecular formula is C10H9IOS2. The summed E-state index contributed by atoms with van der Waals surface area (Å²) in [6, 6.07) is 4.18. The highest BCUT2D eigenvalue weighted by Gasteiger charge is 2.08. The number of methoxy groups -OCH3 is 1. The lowest BCUT2D eigenvalue weighted by molar-refractivity contribution is 0.415. The van der Waals surface area contributed by atoms with E-state index in [2.05, 4.69) is 46.4 Å². The van der Waals surface area contributed by atoms with Crippen LogP contribution >= 0.6 is 45.7 Å². The molecule has 1 aromatic heterocycles. The number of ether oxygens (including phenoxy) is 1. The van der Waals surface area contributed by atoms with Gasteiger partial charge < -0.3 is 4.74 Å². The Hall–Kier alpha value is 0.0600. The molecule has 0 fully saturated rings. The van der Waals surface area contributed by atoms with E-state index in [0.29, 0.717) is 0 Å². The van der Waals surface area contributed by atoms with Crippen molar-refractivity contribution in [3.05, 3.63) is 21.1 Å². The van der Waals surface area contributed by atoms with Crippen LogP contribution < -0.4 is 4.74 Å². The van der Waals surface area contributed by atoms with Gasteiger partial charge in [0.05, 0.1) is 7.11 Å². The Bertz CT molecular complexity index is 464. The van der Waals surface area contributed by atoms with Crippen LogP contribution in [0.25, 0.3) is 10.1 Å². The molecule has 0 atom stereocenters. The topological polar surface area (TPSA) is 9.23 Å². The van der Waals surface area contributed by atoms with Gasteiger partial charge in [0.25, 0.3) is 0 Å². The fraction of sp³-hybridized carbons (Fsp3) is 0.200. The van der Waals surface area contributed by atoms with Gasteiger partial charge in [-0.2, -0.15) is 0 Å². The zero-order valence-corrected chi connectivity index (χ0v) is 11.6. The van der Waals surface area contributed by atoms with E-state index < -0.39 is 0 Å². The maximum atomic E-state index is 5.26. The van der Waals surface area contributed by atoms with Crippen molar-refractivity contribution in [1.82, 2.24) is 0 Å². The SMILES string of the molecule is COc1cc(I)c2scc(SC)c2c1. The Morgan fingerprint density at radius 3 is 2.86 bits per heavy atom. The molecule has 0 unspecified atom stereocenters. The summed E-state index contributed by atoms with van der Waals surface area (Å²) in [6.07, 6.45) is 2.10. The summed E-state index contributed by atoms with van der Waals surface area (Å²) in [4.78, 5) is 1.34. The molecule has 0 aliphatic rings. The third-order valence-electron chi connectivity index (χ3n) is 2.02. The van der Waals surface area contributed by atoms with Gasteiger partial charge in [0.1, 0.15) is 5.75 Å². The van der Waals surface area contributed by atoms with Crippen molar-refractivity contribution in [1.29, 1.82) is 0 Å². The van der Waals surface area contributed by atoms with E-state index in [1.807, 2.05) is 0 Å². The summed E-state index contributed by atoms with van der Waals surface area (Å²) in [5.74, 6) is 0.940. The van der Waals surface area contributed by atoms with E-state index in [4.69, 9.17) is 4.74 Å². The van der Waals surface area contributed by atoms with Gasteiger partial charge in [-0.05, 0) is 41.0 Å². The predicted molar refractivity (Wildman–Crippen MR) is 72.9 cm³/mol. The highest BCUT2D eigenvalue weighted by molar-refractivity contribution is 14.1. The van der Waals surface area contributed by atoms with Crippen molar-refractivity contribution in [3.8, 4) is 5.75 Å². The number of hydrogen-bond acceptors (Lipinski definition) is 3. The summed E-state index contributed by atoms with van der Waals surface area (Å²) in [7, 11) is 1.71. The molecule has 0 radical (unpaired) electrons. The molecule has 0 saturated heterocycles. The number of fused-ring (bicyclic) bond motifs is 1. The number of hydrogen-bond donors (Lipinski definition) is 0. The number of thioether (sulfide) groups is 1. The molecule has 2 rings (SSSR count). The molecule has 2 aromatic rings. The predicted octanol–water partition coefficient (Wildman–Crippen LogP) is 4.24. The zero-order valence-electron chi connectivity index (χ0n) is 7.83. The number of halogens is 1. The van der Waals surface area contributed by atoms with E-state index >= 15 is 0 Å². The lowest BCUT2D eigenvalue weighted by Gasteiger charge is -2.02. The molecule has 0 saturated carbocycles. The molecule has 14 heavy (non-hydrogen) atoms. The van der Waals surface area contributed by atoms with Gasteiger partial charge in [-0.25, -0.2) is 0 Å². The largest absolute Gasteiger partial charge is 0.497 e. The van der Waals surface area contributed by atoms with E-state index in [9.17, 15) is 0 Å². The van der Waals surface area contributed by atoms with Gasteiger partial charge in [0, 0.05) is 23.9 Å². The quantitative estimate of drug-likeness (QED) is 0.599. The minimum absolute atomic E-state index is 0.940. The highest BCUT2D eigenvalue weighted by atomic mass is 127. The van der Waals surface area contributed by atoms with Crippen LogP contribution in [0.2, 0.25) is 0 Å². The molecule has 1 heterocycles. The van der Waals surface area contributed by atoms with Crippen molar-refractivity contribution in [2.75, 3.05) is 13.4 Å². The fourth-order valence-electron chi connectivity index (χ4n) is 1.32. The van der Waals surface area contributed by atoms with Crippen LogP contribution in [0.15, 0.2) is 22.4 Å². The first kappa shape index (κ1) is 10.6. The second kappa shape index (κ2) is 4.28. The van der Waals surface area contributed by atoms with Crippen LogP contribution in [0.4, 0.5) is 0 Å².